The Morgan fingerprint density at radius 2 is 1.72 bits per heavy atom. The average molecular weight is 274 g/mol. The Morgan fingerprint density at radius 1 is 1.11 bits per heavy atom. The third-order valence-corrected chi connectivity index (χ3v) is 6.57. The monoisotopic (exact) mass is 274 g/mol. The van der Waals surface area contributed by atoms with Crippen LogP contribution in [0, 0.1) is 0 Å². The van der Waals surface area contributed by atoms with E-state index < -0.39 is 15.7 Å². The van der Waals surface area contributed by atoms with Crippen LogP contribution in [0.5, 0.6) is 0 Å². The van der Waals surface area contributed by atoms with Gasteiger partial charge in [-0.1, -0.05) is 65.7 Å². The third-order valence-electron chi connectivity index (χ3n) is 3.65. The minimum atomic E-state index is -1.09. The molecular formula is C14H30O3Si. The molecule has 0 heterocycles. The van der Waals surface area contributed by atoms with E-state index in [1.807, 2.05) is 0 Å². The van der Waals surface area contributed by atoms with Gasteiger partial charge in [0, 0.05) is 0 Å². The van der Waals surface area contributed by atoms with Gasteiger partial charge in [0.15, 0.2) is 0 Å². The van der Waals surface area contributed by atoms with Gasteiger partial charge >= 0.3 is 6.16 Å². The molecule has 0 spiro atoms. The number of rotatable bonds is 11. The summed E-state index contributed by atoms with van der Waals surface area (Å²) >= 11 is 0. The first kappa shape index (κ1) is 17.5. The zero-order chi connectivity index (χ0) is 13.8. The van der Waals surface area contributed by atoms with Crippen molar-refractivity contribution in [2.75, 3.05) is 0 Å². The number of hydrogen-bond acceptors (Lipinski definition) is 2. The van der Waals surface area contributed by atoms with Crippen LogP contribution < -0.4 is 0 Å². The van der Waals surface area contributed by atoms with Crippen molar-refractivity contribution in [3.63, 3.8) is 0 Å². The second-order valence-corrected chi connectivity index (χ2v) is 7.66. The van der Waals surface area contributed by atoms with Crippen LogP contribution in [0.3, 0.4) is 0 Å². The highest BCUT2D eigenvalue weighted by molar-refractivity contribution is 6.39. The maximum atomic E-state index is 10.7. The standard InChI is InChI=1S/C14H30O3Si/c1-4-7-8-9-10-11-13(17-14(15)16)18-12(5-2)6-3/h12-13H,4-11,18H2,1-3H3,(H,15,16). The summed E-state index contributed by atoms with van der Waals surface area (Å²) in [5, 5.41) is 8.78. The van der Waals surface area contributed by atoms with Gasteiger partial charge in [-0.25, -0.2) is 4.79 Å². The maximum Gasteiger partial charge on any atom is 0.505 e. The lowest BCUT2D eigenvalue weighted by Gasteiger charge is -2.20. The van der Waals surface area contributed by atoms with E-state index >= 15 is 0 Å². The van der Waals surface area contributed by atoms with Crippen molar-refractivity contribution in [3.05, 3.63) is 0 Å². The normalized spacial score (nSPS) is 13.3. The van der Waals surface area contributed by atoms with Gasteiger partial charge in [-0.2, -0.15) is 0 Å². The first-order valence-corrected chi connectivity index (χ1v) is 9.16. The molecule has 4 heteroatoms. The van der Waals surface area contributed by atoms with Gasteiger partial charge in [0.1, 0.15) is 0 Å². The largest absolute Gasteiger partial charge is 0.505 e. The van der Waals surface area contributed by atoms with Crippen LogP contribution >= 0.6 is 0 Å². The van der Waals surface area contributed by atoms with Crippen molar-refractivity contribution in [1.82, 2.24) is 0 Å². The van der Waals surface area contributed by atoms with Gasteiger partial charge in [0.05, 0.1) is 15.2 Å². The summed E-state index contributed by atoms with van der Waals surface area (Å²) < 4.78 is 5.07. The molecule has 18 heavy (non-hydrogen) atoms. The van der Waals surface area contributed by atoms with Crippen molar-refractivity contribution in [2.45, 2.75) is 83.4 Å². The molecule has 0 aliphatic heterocycles. The second-order valence-electron chi connectivity index (χ2n) is 5.13. The van der Waals surface area contributed by atoms with Crippen LogP contribution in [0.15, 0.2) is 0 Å². The van der Waals surface area contributed by atoms with Crippen molar-refractivity contribution >= 4 is 15.7 Å². The molecule has 0 aromatic rings. The lowest BCUT2D eigenvalue weighted by Crippen LogP contribution is -2.26. The van der Waals surface area contributed by atoms with E-state index in [4.69, 9.17) is 9.84 Å². The molecule has 0 saturated carbocycles. The van der Waals surface area contributed by atoms with Crippen molar-refractivity contribution in [1.29, 1.82) is 0 Å². The van der Waals surface area contributed by atoms with Gasteiger partial charge in [-0.15, -0.1) is 0 Å². The van der Waals surface area contributed by atoms with E-state index in [1.165, 1.54) is 25.7 Å². The summed E-state index contributed by atoms with van der Waals surface area (Å²) in [4.78, 5) is 10.7. The molecule has 1 N–H and O–H groups in total. The van der Waals surface area contributed by atoms with E-state index in [-0.39, 0.29) is 5.73 Å². The van der Waals surface area contributed by atoms with Crippen LogP contribution in [0.4, 0.5) is 4.79 Å². The van der Waals surface area contributed by atoms with E-state index in [0.29, 0.717) is 0 Å². The summed E-state index contributed by atoms with van der Waals surface area (Å²) in [6.07, 6.45) is 8.31. The number of hydrogen-bond donors (Lipinski definition) is 1. The molecule has 1 unspecified atom stereocenters. The first-order chi connectivity index (χ1) is 8.63. The first-order valence-electron chi connectivity index (χ1n) is 7.53. The lowest BCUT2D eigenvalue weighted by molar-refractivity contribution is 0.0746. The number of carboxylic acid groups (broad SMARTS) is 1. The molecule has 0 aliphatic rings. The quantitative estimate of drug-likeness (QED) is 0.350. The second kappa shape index (κ2) is 11.6. The Hall–Kier alpha value is -0.513. The fourth-order valence-corrected chi connectivity index (χ4v) is 4.51. The molecule has 0 aromatic carbocycles. The van der Waals surface area contributed by atoms with Crippen LogP contribution in [-0.4, -0.2) is 26.5 Å². The fourth-order valence-electron chi connectivity index (χ4n) is 2.34. The molecule has 0 aliphatic carbocycles. The Balaban J connectivity index is 3.94. The van der Waals surface area contributed by atoms with Gasteiger partial charge in [0.2, 0.25) is 0 Å². The summed E-state index contributed by atoms with van der Waals surface area (Å²) in [7, 11) is -0.446. The highest BCUT2D eigenvalue weighted by atomic mass is 28.2. The van der Waals surface area contributed by atoms with E-state index in [0.717, 1.165) is 31.2 Å². The topological polar surface area (TPSA) is 46.5 Å². The molecule has 3 nitrogen and oxygen atoms in total. The highest BCUT2D eigenvalue weighted by Crippen LogP contribution is 2.18. The smallest absolute Gasteiger partial charge is 0.450 e. The number of unbranched alkanes of at least 4 members (excludes halogenated alkanes) is 4. The SMILES string of the molecule is CCCCCCCC(OC(=O)O)[SiH2]C(CC)CC. The van der Waals surface area contributed by atoms with Crippen molar-refractivity contribution in [3.8, 4) is 0 Å². The Labute approximate surface area is 114 Å². The predicted octanol–water partition coefficient (Wildman–Crippen LogP) is 4.14. The summed E-state index contributed by atoms with van der Waals surface area (Å²) in [5.41, 5.74) is 0.763. The zero-order valence-corrected chi connectivity index (χ0v) is 13.7. The molecular weight excluding hydrogens is 244 g/mol. The molecule has 108 valence electrons. The summed E-state index contributed by atoms with van der Waals surface area (Å²) in [6, 6.07) is 0. The third kappa shape index (κ3) is 9.51. The molecule has 0 rings (SSSR count). The average Bonchev–Trinajstić information content (AvgIpc) is 2.34. The minimum Gasteiger partial charge on any atom is -0.450 e. The van der Waals surface area contributed by atoms with Gasteiger partial charge in [0.25, 0.3) is 0 Å². The van der Waals surface area contributed by atoms with Crippen molar-refractivity contribution < 1.29 is 14.6 Å². The fraction of sp³-hybridized carbons (Fsp3) is 0.929. The zero-order valence-electron chi connectivity index (χ0n) is 12.3. The Bertz CT molecular complexity index is 205. The highest BCUT2D eigenvalue weighted by Gasteiger charge is 2.18. The minimum absolute atomic E-state index is 0.0361. The summed E-state index contributed by atoms with van der Waals surface area (Å²) in [5.74, 6) is 0. The van der Waals surface area contributed by atoms with Crippen LogP contribution in [0.1, 0.15) is 72.1 Å². The van der Waals surface area contributed by atoms with Crippen molar-refractivity contribution in [2.24, 2.45) is 0 Å². The summed E-state index contributed by atoms with van der Waals surface area (Å²) in [6.45, 7) is 6.59. The molecule has 0 bridgehead atoms. The van der Waals surface area contributed by atoms with Crippen LogP contribution in [0.2, 0.25) is 5.54 Å². The molecule has 0 saturated heterocycles. The van der Waals surface area contributed by atoms with E-state index in [1.54, 1.807) is 0 Å². The molecule has 0 aromatic heterocycles. The Kier molecular flexibility index (Phi) is 11.2. The maximum absolute atomic E-state index is 10.7. The van der Waals surface area contributed by atoms with Crippen LogP contribution in [0.25, 0.3) is 0 Å². The Morgan fingerprint density at radius 3 is 2.22 bits per heavy atom. The molecule has 0 radical (unpaired) electrons. The van der Waals surface area contributed by atoms with Gasteiger partial charge < -0.3 is 9.84 Å². The molecule has 1 atom stereocenters. The van der Waals surface area contributed by atoms with Crippen LogP contribution in [-0.2, 0) is 4.74 Å². The number of ether oxygens (including phenoxy) is 1. The molecule has 0 amide bonds. The predicted molar refractivity (Wildman–Crippen MR) is 79.1 cm³/mol. The van der Waals surface area contributed by atoms with Gasteiger partial charge in [-0.3, -0.25) is 0 Å². The molecule has 0 fully saturated rings. The number of carbonyl (C=O) groups is 1. The lowest BCUT2D eigenvalue weighted by atomic mass is 10.1. The van der Waals surface area contributed by atoms with E-state index in [2.05, 4.69) is 20.8 Å². The van der Waals surface area contributed by atoms with Gasteiger partial charge in [-0.05, 0) is 12.0 Å². The van der Waals surface area contributed by atoms with E-state index in [9.17, 15) is 4.79 Å².